The zero-order chi connectivity index (χ0) is 23.6. The van der Waals surface area contributed by atoms with Crippen molar-refractivity contribution in [3.63, 3.8) is 0 Å². The number of halogens is 5. The van der Waals surface area contributed by atoms with E-state index < -0.39 is 18.4 Å². The third kappa shape index (κ3) is 6.51. The van der Waals surface area contributed by atoms with Gasteiger partial charge in [-0.15, -0.1) is 0 Å². The molecule has 1 atom stereocenters. The standard InChI is InChI=1S/C24H30F5NO3/c25-17-3-6-20(33-23(26)27)21(12-17)32-19-10-16(11-19)22(31)30-18-4-1-14(2-5-18)9-15-7-8-24(28,29)13-15/h3,6,12,14-16,18-19,23H,1-2,4-5,7-11,13H2,(H,30,31). The topological polar surface area (TPSA) is 47.6 Å². The van der Waals surface area contributed by atoms with Crippen LogP contribution in [0.3, 0.4) is 0 Å². The van der Waals surface area contributed by atoms with Gasteiger partial charge in [-0.2, -0.15) is 8.78 Å². The van der Waals surface area contributed by atoms with Gasteiger partial charge in [-0.1, -0.05) is 0 Å². The van der Waals surface area contributed by atoms with Gasteiger partial charge in [-0.25, -0.2) is 13.2 Å². The van der Waals surface area contributed by atoms with Crippen LogP contribution in [0.4, 0.5) is 22.0 Å². The number of alkyl halides is 4. The molecule has 3 aliphatic carbocycles. The normalized spacial score (nSPS) is 31.2. The molecule has 1 amide bonds. The summed E-state index contributed by atoms with van der Waals surface area (Å²) in [6, 6.07) is 3.19. The zero-order valence-corrected chi connectivity index (χ0v) is 18.4. The average Bonchev–Trinajstić information content (AvgIpc) is 3.05. The molecule has 4 rings (SSSR count). The molecule has 1 aromatic carbocycles. The van der Waals surface area contributed by atoms with Crippen molar-refractivity contribution in [2.45, 2.75) is 88.9 Å². The maximum atomic E-state index is 13.5. The molecule has 3 aliphatic rings. The summed E-state index contributed by atoms with van der Waals surface area (Å²) in [5.74, 6) is -3.18. The van der Waals surface area contributed by atoms with Gasteiger partial charge < -0.3 is 14.8 Å². The Kier molecular flexibility index (Phi) is 7.34. The van der Waals surface area contributed by atoms with Gasteiger partial charge in [0.15, 0.2) is 11.5 Å². The highest BCUT2D eigenvalue weighted by molar-refractivity contribution is 5.80. The van der Waals surface area contributed by atoms with E-state index in [1.165, 1.54) is 0 Å². The summed E-state index contributed by atoms with van der Waals surface area (Å²) in [4.78, 5) is 12.6. The van der Waals surface area contributed by atoms with E-state index in [4.69, 9.17) is 4.74 Å². The van der Waals surface area contributed by atoms with Crippen LogP contribution in [0.15, 0.2) is 18.2 Å². The summed E-state index contributed by atoms with van der Waals surface area (Å²) < 4.78 is 75.3. The molecular weight excluding hydrogens is 445 g/mol. The highest BCUT2D eigenvalue weighted by Gasteiger charge is 2.41. The molecule has 0 aromatic heterocycles. The van der Waals surface area contributed by atoms with E-state index >= 15 is 0 Å². The molecule has 1 unspecified atom stereocenters. The van der Waals surface area contributed by atoms with Crippen molar-refractivity contribution in [2.75, 3.05) is 0 Å². The second-order valence-electron chi connectivity index (χ2n) is 9.80. The van der Waals surface area contributed by atoms with Crippen LogP contribution in [0.25, 0.3) is 0 Å². The van der Waals surface area contributed by atoms with Crippen LogP contribution >= 0.6 is 0 Å². The number of carbonyl (C=O) groups excluding carboxylic acids is 1. The van der Waals surface area contributed by atoms with Gasteiger partial charge in [0.2, 0.25) is 11.8 Å². The molecule has 1 aromatic rings. The smallest absolute Gasteiger partial charge is 0.387 e. The molecule has 3 fully saturated rings. The summed E-state index contributed by atoms with van der Waals surface area (Å²) in [6.07, 6.45) is 5.54. The van der Waals surface area contributed by atoms with Crippen molar-refractivity contribution in [1.29, 1.82) is 0 Å². The number of amides is 1. The summed E-state index contributed by atoms with van der Waals surface area (Å²) in [5, 5.41) is 3.08. The predicted octanol–water partition coefficient (Wildman–Crippen LogP) is 6.09. The lowest BCUT2D eigenvalue weighted by molar-refractivity contribution is -0.131. The van der Waals surface area contributed by atoms with Crippen molar-refractivity contribution >= 4 is 5.91 Å². The zero-order valence-electron chi connectivity index (χ0n) is 18.4. The van der Waals surface area contributed by atoms with E-state index in [0.29, 0.717) is 25.2 Å². The Morgan fingerprint density at radius 3 is 2.42 bits per heavy atom. The van der Waals surface area contributed by atoms with Gasteiger partial charge in [-0.3, -0.25) is 4.79 Å². The Labute approximate surface area is 190 Å². The largest absolute Gasteiger partial charge is 0.486 e. The quantitative estimate of drug-likeness (QED) is 0.463. The number of nitrogens with one attached hydrogen (secondary N) is 1. The van der Waals surface area contributed by atoms with E-state index in [1.54, 1.807) is 0 Å². The van der Waals surface area contributed by atoms with E-state index in [-0.39, 0.29) is 54.2 Å². The molecule has 4 nitrogen and oxygen atoms in total. The average molecular weight is 475 g/mol. The van der Waals surface area contributed by atoms with Gasteiger partial charge >= 0.3 is 6.61 Å². The second kappa shape index (κ2) is 10.1. The van der Waals surface area contributed by atoms with Crippen LogP contribution in [0.5, 0.6) is 11.5 Å². The van der Waals surface area contributed by atoms with Crippen LogP contribution in [0, 0.1) is 23.6 Å². The fraction of sp³-hybridized carbons (Fsp3) is 0.708. The van der Waals surface area contributed by atoms with Crippen LogP contribution in [-0.2, 0) is 4.79 Å². The first-order chi connectivity index (χ1) is 15.7. The van der Waals surface area contributed by atoms with Gasteiger partial charge in [0, 0.05) is 30.9 Å². The summed E-state index contributed by atoms with van der Waals surface area (Å²) >= 11 is 0. The Morgan fingerprint density at radius 2 is 1.79 bits per heavy atom. The second-order valence-corrected chi connectivity index (χ2v) is 9.80. The number of ether oxygens (including phenoxy) is 2. The lowest BCUT2D eigenvalue weighted by Crippen LogP contribution is -2.47. The Morgan fingerprint density at radius 1 is 1.06 bits per heavy atom. The third-order valence-corrected chi connectivity index (χ3v) is 7.25. The van der Waals surface area contributed by atoms with Crippen LogP contribution < -0.4 is 14.8 Å². The number of hydrogen-bond acceptors (Lipinski definition) is 3. The van der Waals surface area contributed by atoms with Crippen molar-refractivity contribution in [2.24, 2.45) is 17.8 Å². The highest BCUT2D eigenvalue weighted by Crippen LogP contribution is 2.43. The number of hydrogen-bond donors (Lipinski definition) is 1. The van der Waals surface area contributed by atoms with Crippen molar-refractivity contribution in [3.05, 3.63) is 24.0 Å². The lowest BCUT2D eigenvalue weighted by atomic mass is 9.79. The predicted molar refractivity (Wildman–Crippen MR) is 111 cm³/mol. The number of rotatable bonds is 8. The minimum Gasteiger partial charge on any atom is -0.486 e. The molecule has 0 heterocycles. The SMILES string of the molecule is O=C(NC1CCC(CC2CCC(F)(F)C2)CC1)C1CC(Oc2cc(F)ccc2OC(F)F)C1. The molecule has 0 bridgehead atoms. The minimum atomic E-state index is -3.05. The molecule has 3 saturated carbocycles. The summed E-state index contributed by atoms with van der Waals surface area (Å²) in [5.41, 5.74) is 0. The van der Waals surface area contributed by atoms with Crippen molar-refractivity contribution in [1.82, 2.24) is 5.32 Å². The molecule has 0 saturated heterocycles. The van der Waals surface area contributed by atoms with Crippen LogP contribution in [-0.4, -0.2) is 30.6 Å². The monoisotopic (exact) mass is 475 g/mol. The maximum absolute atomic E-state index is 13.5. The molecule has 1 N–H and O–H groups in total. The fourth-order valence-corrected chi connectivity index (χ4v) is 5.40. The first-order valence-corrected chi connectivity index (χ1v) is 11.8. The molecular formula is C24H30F5NO3. The third-order valence-electron chi connectivity index (χ3n) is 7.25. The van der Waals surface area contributed by atoms with Gasteiger partial charge in [0.1, 0.15) is 11.9 Å². The Bertz CT molecular complexity index is 822. The first-order valence-electron chi connectivity index (χ1n) is 11.8. The lowest BCUT2D eigenvalue weighted by Gasteiger charge is -2.37. The van der Waals surface area contributed by atoms with Gasteiger partial charge in [0.05, 0.1) is 0 Å². The van der Waals surface area contributed by atoms with E-state index in [2.05, 4.69) is 10.1 Å². The highest BCUT2D eigenvalue weighted by atomic mass is 19.3. The minimum absolute atomic E-state index is 0.00886. The van der Waals surface area contributed by atoms with Crippen molar-refractivity contribution < 1.29 is 36.2 Å². The summed E-state index contributed by atoms with van der Waals surface area (Å²) in [6.45, 7) is -3.05. The molecule has 184 valence electrons. The van der Waals surface area contributed by atoms with E-state index in [1.807, 2.05) is 0 Å². The van der Waals surface area contributed by atoms with Crippen LogP contribution in [0.1, 0.15) is 64.2 Å². The fourth-order valence-electron chi connectivity index (χ4n) is 5.40. The maximum Gasteiger partial charge on any atom is 0.387 e. The number of carbonyl (C=O) groups is 1. The molecule has 0 spiro atoms. The Balaban J connectivity index is 1.17. The Hall–Kier alpha value is -2.06. The number of benzene rings is 1. The molecule has 0 aliphatic heterocycles. The van der Waals surface area contributed by atoms with Gasteiger partial charge in [-0.05, 0) is 75.3 Å². The van der Waals surface area contributed by atoms with E-state index in [9.17, 15) is 26.7 Å². The molecule has 0 radical (unpaired) electrons. The van der Waals surface area contributed by atoms with Crippen molar-refractivity contribution in [3.8, 4) is 11.5 Å². The van der Waals surface area contributed by atoms with Gasteiger partial charge in [0.25, 0.3) is 0 Å². The van der Waals surface area contributed by atoms with E-state index in [0.717, 1.165) is 50.3 Å². The molecule has 33 heavy (non-hydrogen) atoms. The molecule has 9 heteroatoms. The summed E-state index contributed by atoms with van der Waals surface area (Å²) in [7, 11) is 0. The first kappa shape index (κ1) is 24.1. The van der Waals surface area contributed by atoms with Crippen LogP contribution in [0.2, 0.25) is 0 Å².